The Hall–Kier alpha value is -1.39. The third kappa shape index (κ3) is 4.47. The molecule has 1 unspecified atom stereocenters. The molecule has 0 aliphatic rings. The summed E-state index contributed by atoms with van der Waals surface area (Å²) in [5.41, 5.74) is 6.48. The van der Waals surface area contributed by atoms with E-state index in [9.17, 15) is 4.79 Å². The molecular weight excluding hydrogens is 230 g/mol. The van der Waals surface area contributed by atoms with Gasteiger partial charge in [-0.3, -0.25) is 4.79 Å². The van der Waals surface area contributed by atoms with Crippen LogP contribution in [0.1, 0.15) is 30.1 Å². The smallest absolute Gasteiger partial charge is 0.168 e. The normalized spacial score (nSPS) is 12.2. The Morgan fingerprint density at radius 3 is 2.78 bits per heavy atom. The molecule has 0 aliphatic carbocycles. The van der Waals surface area contributed by atoms with Crippen molar-refractivity contribution in [3.63, 3.8) is 0 Å². The molecule has 1 aromatic rings. The first-order valence-corrected chi connectivity index (χ1v) is 6.18. The number of para-hydroxylation sites is 1. The highest BCUT2D eigenvalue weighted by molar-refractivity contribution is 5.98. The first-order valence-electron chi connectivity index (χ1n) is 6.18. The molecule has 0 aliphatic heterocycles. The first-order chi connectivity index (χ1) is 8.69. The average molecular weight is 251 g/mol. The monoisotopic (exact) mass is 251 g/mol. The van der Waals surface area contributed by atoms with E-state index in [1.165, 1.54) is 0 Å². The van der Waals surface area contributed by atoms with Gasteiger partial charge < -0.3 is 15.2 Å². The highest BCUT2D eigenvalue weighted by atomic mass is 16.5. The second-order valence-electron chi connectivity index (χ2n) is 4.10. The van der Waals surface area contributed by atoms with Gasteiger partial charge >= 0.3 is 0 Å². The van der Waals surface area contributed by atoms with Gasteiger partial charge in [-0.2, -0.15) is 0 Å². The van der Waals surface area contributed by atoms with E-state index in [1.54, 1.807) is 19.2 Å². The summed E-state index contributed by atoms with van der Waals surface area (Å²) in [5, 5.41) is 0. The fourth-order valence-corrected chi connectivity index (χ4v) is 1.70. The van der Waals surface area contributed by atoms with Crippen molar-refractivity contribution < 1.29 is 14.3 Å². The largest absolute Gasteiger partial charge is 0.493 e. The van der Waals surface area contributed by atoms with Crippen molar-refractivity contribution in [3.05, 3.63) is 29.8 Å². The summed E-state index contributed by atoms with van der Waals surface area (Å²) in [4.78, 5) is 12.1. The van der Waals surface area contributed by atoms with Crippen LogP contribution in [-0.2, 0) is 4.74 Å². The summed E-state index contributed by atoms with van der Waals surface area (Å²) in [6, 6.07) is 7.09. The van der Waals surface area contributed by atoms with Gasteiger partial charge in [0.05, 0.1) is 12.2 Å². The summed E-state index contributed by atoms with van der Waals surface area (Å²) in [6.45, 7) is 3.01. The number of Topliss-reactive ketones (excluding diaryl/α,β-unsaturated/α-hetero) is 1. The van der Waals surface area contributed by atoms with Crippen molar-refractivity contribution >= 4 is 5.78 Å². The van der Waals surface area contributed by atoms with Crippen LogP contribution in [0.25, 0.3) is 0 Å². The third-order valence-electron chi connectivity index (χ3n) is 2.63. The molecule has 0 amide bonds. The Kier molecular flexibility index (Phi) is 6.39. The number of hydrogen-bond donors (Lipinski definition) is 1. The Labute approximate surface area is 108 Å². The van der Waals surface area contributed by atoms with Crippen LogP contribution in [0.3, 0.4) is 0 Å². The van der Waals surface area contributed by atoms with Gasteiger partial charge in [0, 0.05) is 26.2 Å². The van der Waals surface area contributed by atoms with Crippen molar-refractivity contribution in [2.45, 2.75) is 25.8 Å². The summed E-state index contributed by atoms with van der Waals surface area (Å²) in [7, 11) is 1.62. The molecule has 2 N–H and O–H groups in total. The molecular formula is C14H21NO3. The molecule has 0 saturated heterocycles. The molecule has 100 valence electrons. The van der Waals surface area contributed by atoms with Crippen LogP contribution in [0.4, 0.5) is 0 Å². The van der Waals surface area contributed by atoms with Gasteiger partial charge in [0.2, 0.25) is 0 Å². The van der Waals surface area contributed by atoms with Gasteiger partial charge in [0.25, 0.3) is 0 Å². The minimum Gasteiger partial charge on any atom is -0.493 e. The van der Waals surface area contributed by atoms with Gasteiger partial charge in [0.15, 0.2) is 5.78 Å². The number of rotatable bonds is 8. The minimum atomic E-state index is -0.174. The maximum Gasteiger partial charge on any atom is 0.168 e. The van der Waals surface area contributed by atoms with Crippen molar-refractivity contribution in [1.82, 2.24) is 0 Å². The Bertz CT molecular complexity index is 379. The number of carbonyl (C=O) groups is 1. The zero-order valence-electron chi connectivity index (χ0n) is 11.0. The zero-order valence-corrected chi connectivity index (χ0v) is 11.0. The Morgan fingerprint density at radius 1 is 1.39 bits per heavy atom. The fourth-order valence-electron chi connectivity index (χ4n) is 1.70. The van der Waals surface area contributed by atoms with Gasteiger partial charge in [0.1, 0.15) is 5.75 Å². The molecule has 1 aromatic carbocycles. The molecule has 4 nitrogen and oxygen atoms in total. The highest BCUT2D eigenvalue weighted by Gasteiger charge is 2.15. The van der Waals surface area contributed by atoms with E-state index in [0.717, 1.165) is 0 Å². The molecule has 1 atom stereocenters. The first kappa shape index (κ1) is 14.7. The SMILES string of the molecule is CCOc1ccccc1C(=O)CC(N)CCOC. The predicted octanol–water partition coefficient (Wildman–Crippen LogP) is 2.02. The molecule has 4 heteroatoms. The lowest BCUT2D eigenvalue weighted by atomic mass is 10.0. The number of nitrogens with two attached hydrogens (primary N) is 1. The molecule has 0 heterocycles. The van der Waals surface area contributed by atoms with Crippen molar-refractivity contribution in [1.29, 1.82) is 0 Å². The number of methoxy groups -OCH3 is 1. The van der Waals surface area contributed by atoms with Gasteiger partial charge in [-0.25, -0.2) is 0 Å². The molecule has 0 radical (unpaired) electrons. The quantitative estimate of drug-likeness (QED) is 0.718. The van der Waals surface area contributed by atoms with E-state index in [2.05, 4.69) is 0 Å². The van der Waals surface area contributed by atoms with Crippen LogP contribution in [0, 0.1) is 0 Å². The van der Waals surface area contributed by atoms with E-state index in [0.29, 0.717) is 37.4 Å². The standard InChI is InChI=1S/C14H21NO3/c1-3-18-14-7-5-4-6-12(14)13(16)10-11(15)8-9-17-2/h4-7,11H,3,8-10,15H2,1-2H3. The summed E-state index contributed by atoms with van der Waals surface area (Å²) in [5.74, 6) is 0.645. The van der Waals surface area contributed by atoms with Crippen molar-refractivity contribution in [3.8, 4) is 5.75 Å². The van der Waals surface area contributed by atoms with Crippen LogP contribution in [-0.4, -0.2) is 32.1 Å². The number of benzene rings is 1. The Morgan fingerprint density at radius 2 is 2.11 bits per heavy atom. The van der Waals surface area contributed by atoms with E-state index in [1.807, 2.05) is 19.1 Å². The molecule has 0 spiro atoms. The van der Waals surface area contributed by atoms with Crippen molar-refractivity contribution in [2.75, 3.05) is 20.3 Å². The minimum absolute atomic E-state index is 0.0163. The predicted molar refractivity (Wildman–Crippen MR) is 71.0 cm³/mol. The van der Waals surface area contributed by atoms with E-state index in [-0.39, 0.29) is 11.8 Å². The van der Waals surface area contributed by atoms with Crippen LogP contribution < -0.4 is 10.5 Å². The fraction of sp³-hybridized carbons (Fsp3) is 0.500. The molecule has 0 fully saturated rings. The van der Waals surface area contributed by atoms with Gasteiger partial charge in [-0.15, -0.1) is 0 Å². The topological polar surface area (TPSA) is 61.5 Å². The molecule has 0 bridgehead atoms. The molecule has 1 rings (SSSR count). The van der Waals surface area contributed by atoms with Gasteiger partial charge in [-0.05, 0) is 25.5 Å². The molecule has 0 saturated carbocycles. The van der Waals surface area contributed by atoms with Crippen LogP contribution in [0.15, 0.2) is 24.3 Å². The lowest BCUT2D eigenvalue weighted by Crippen LogP contribution is -2.25. The van der Waals surface area contributed by atoms with E-state index >= 15 is 0 Å². The number of carbonyl (C=O) groups excluding carboxylic acids is 1. The van der Waals surface area contributed by atoms with Crippen LogP contribution >= 0.6 is 0 Å². The van der Waals surface area contributed by atoms with E-state index in [4.69, 9.17) is 15.2 Å². The van der Waals surface area contributed by atoms with Gasteiger partial charge in [-0.1, -0.05) is 12.1 Å². The molecule has 0 aromatic heterocycles. The maximum absolute atomic E-state index is 12.1. The summed E-state index contributed by atoms with van der Waals surface area (Å²) < 4.78 is 10.4. The number of ether oxygens (including phenoxy) is 2. The zero-order chi connectivity index (χ0) is 13.4. The average Bonchev–Trinajstić information content (AvgIpc) is 2.37. The second kappa shape index (κ2) is 7.84. The lowest BCUT2D eigenvalue weighted by molar-refractivity contribution is 0.0963. The van der Waals surface area contributed by atoms with Crippen LogP contribution in [0.2, 0.25) is 0 Å². The number of hydrogen-bond acceptors (Lipinski definition) is 4. The highest BCUT2D eigenvalue weighted by Crippen LogP contribution is 2.20. The number of ketones is 1. The lowest BCUT2D eigenvalue weighted by Gasteiger charge is -2.12. The maximum atomic E-state index is 12.1. The Balaban J connectivity index is 2.65. The van der Waals surface area contributed by atoms with Crippen LogP contribution in [0.5, 0.6) is 5.75 Å². The molecule has 18 heavy (non-hydrogen) atoms. The van der Waals surface area contributed by atoms with Crippen molar-refractivity contribution in [2.24, 2.45) is 5.73 Å². The third-order valence-corrected chi connectivity index (χ3v) is 2.63. The summed E-state index contributed by atoms with van der Waals surface area (Å²) in [6.07, 6.45) is 0.993. The van der Waals surface area contributed by atoms with E-state index < -0.39 is 0 Å². The summed E-state index contributed by atoms with van der Waals surface area (Å²) >= 11 is 0. The second-order valence-corrected chi connectivity index (χ2v) is 4.10.